The molecule has 25 heavy (non-hydrogen) atoms. The molecule has 1 fully saturated rings. The summed E-state index contributed by atoms with van der Waals surface area (Å²) in [5, 5.41) is 2.88. The number of ether oxygens (including phenoxy) is 1. The molecular formula is C20H23N3O2. The van der Waals surface area contributed by atoms with Crippen molar-refractivity contribution in [2.45, 2.75) is 13.5 Å². The first kappa shape index (κ1) is 17.2. The summed E-state index contributed by atoms with van der Waals surface area (Å²) in [6.45, 7) is 5.73. The van der Waals surface area contributed by atoms with Crippen LogP contribution in [0.2, 0.25) is 0 Å². The minimum Gasteiger partial charge on any atom is -0.378 e. The van der Waals surface area contributed by atoms with Gasteiger partial charge in [0.2, 0.25) is 5.91 Å². The highest BCUT2D eigenvalue weighted by Crippen LogP contribution is 2.13. The lowest BCUT2D eigenvalue weighted by molar-refractivity contribution is -0.116. The van der Waals surface area contributed by atoms with E-state index in [1.165, 1.54) is 5.56 Å². The molecule has 1 saturated heterocycles. The molecular weight excluding hydrogens is 314 g/mol. The van der Waals surface area contributed by atoms with E-state index < -0.39 is 0 Å². The average Bonchev–Trinajstić information content (AvgIpc) is 2.67. The molecule has 1 aliphatic rings. The number of morpholine rings is 1. The molecule has 5 heteroatoms. The summed E-state index contributed by atoms with van der Waals surface area (Å²) in [6, 6.07) is 12.0. The summed E-state index contributed by atoms with van der Waals surface area (Å²) >= 11 is 0. The molecule has 1 aromatic carbocycles. The molecule has 0 unspecified atom stereocenters. The smallest absolute Gasteiger partial charge is 0.244 e. The number of amides is 1. The molecule has 0 saturated carbocycles. The van der Waals surface area contributed by atoms with Gasteiger partial charge >= 0.3 is 0 Å². The molecule has 1 N–H and O–H groups in total. The largest absolute Gasteiger partial charge is 0.378 e. The quantitative estimate of drug-likeness (QED) is 0.852. The van der Waals surface area contributed by atoms with Gasteiger partial charge in [-0.3, -0.25) is 4.79 Å². The Morgan fingerprint density at radius 2 is 1.96 bits per heavy atom. The number of hydrogen-bond acceptors (Lipinski definition) is 4. The van der Waals surface area contributed by atoms with Gasteiger partial charge in [0.1, 0.15) is 5.82 Å². The Balaban J connectivity index is 1.49. The Morgan fingerprint density at radius 3 is 2.64 bits per heavy atom. The van der Waals surface area contributed by atoms with Gasteiger partial charge in [0.05, 0.1) is 13.2 Å². The molecule has 130 valence electrons. The van der Waals surface area contributed by atoms with Crippen LogP contribution in [0.5, 0.6) is 0 Å². The van der Waals surface area contributed by atoms with Gasteiger partial charge in [-0.15, -0.1) is 0 Å². The van der Waals surface area contributed by atoms with Crippen molar-refractivity contribution in [1.82, 2.24) is 10.3 Å². The Labute approximate surface area is 148 Å². The molecule has 3 rings (SSSR count). The second kappa shape index (κ2) is 8.44. The van der Waals surface area contributed by atoms with Gasteiger partial charge < -0.3 is 15.0 Å². The van der Waals surface area contributed by atoms with Gasteiger partial charge in [-0.2, -0.15) is 0 Å². The Hall–Kier alpha value is -2.66. The molecule has 1 amide bonds. The summed E-state index contributed by atoms with van der Waals surface area (Å²) in [4.78, 5) is 18.6. The van der Waals surface area contributed by atoms with Gasteiger partial charge in [-0.05, 0) is 30.2 Å². The topological polar surface area (TPSA) is 54.5 Å². The Kier molecular flexibility index (Phi) is 5.80. The fourth-order valence-corrected chi connectivity index (χ4v) is 2.60. The standard InChI is InChI=1S/C20H23N3O2/c1-16-2-4-17(5-3-16)7-9-20(24)22-15-18-6-8-19(21-14-18)23-10-12-25-13-11-23/h2-9,14H,10-13,15H2,1H3,(H,22,24). The maximum Gasteiger partial charge on any atom is 0.244 e. The van der Waals surface area contributed by atoms with E-state index in [1.807, 2.05) is 55.6 Å². The zero-order chi connectivity index (χ0) is 17.5. The third-order valence-corrected chi connectivity index (χ3v) is 4.12. The molecule has 2 heterocycles. The van der Waals surface area contributed by atoms with Crippen LogP contribution in [0.1, 0.15) is 16.7 Å². The van der Waals surface area contributed by atoms with Crippen LogP contribution in [0.4, 0.5) is 5.82 Å². The van der Waals surface area contributed by atoms with Crippen LogP contribution in [0.25, 0.3) is 6.08 Å². The van der Waals surface area contributed by atoms with Crippen molar-refractivity contribution in [2.24, 2.45) is 0 Å². The first-order chi connectivity index (χ1) is 12.2. The van der Waals surface area contributed by atoms with Crippen LogP contribution in [-0.2, 0) is 16.1 Å². The summed E-state index contributed by atoms with van der Waals surface area (Å²) in [7, 11) is 0. The summed E-state index contributed by atoms with van der Waals surface area (Å²) in [5.41, 5.74) is 3.20. The van der Waals surface area contributed by atoms with E-state index in [0.29, 0.717) is 6.54 Å². The monoisotopic (exact) mass is 337 g/mol. The van der Waals surface area contributed by atoms with Crippen molar-refractivity contribution in [3.63, 3.8) is 0 Å². The zero-order valence-corrected chi connectivity index (χ0v) is 14.4. The van der Waals surface area contributed by atoms with Crippen molar-refractivity contribution < 1.29 is 9.53 Å². The first-order valence-electron chi connectivity index (χ1n) is 8.51. The van der Waals surface area contributed by atoms with Gasteiger partial charge in [-0.25, -0.2) is 4.98 Å². The van der Waals surface area contributed by atoms with Gasteiger partial charge in [0.15, 0.2) is 0 Å². The van der Waals surface area contributed by atoms with E-state index in [0.717, 1.165) is 43.2 Å². The fourth-order valence-electron chi connectivity index (χ4n) is 2.60. The second-order valence-electron chi connectivity index (χ2n) is 6.09. The number of rotatable bonds is 5. The van der Waals surface area contributed by atoms with E-state index >= 15 is 0 Å². The maximum absolute atomic E-state index is 11.9. The van der Waals surface area contributed by atoms with Crippen LogP contribution >= 0.6 is 0 Å². The highest BCUT2D eigenvalue weighted by molar-refractivity contribution is 5.91. The predicted molar refractivity (Wildman–Crippen MR) is 99.3 cm³/mol. The molecule has 5 nitrogen and oxygen atoms in total. The number of nitrogens with one attached hydrogen (secondary N) is 1. The number of benzene rings is 1. The Morgan fingerprint density at radius 1 is 1.20 bits per heavy atom. The minimum atomic E-state index is -0.113. The highest BCUT2D eigenvalue weighted by Gasteiger charge is 2.11. The molecule has 1 aliphatic heterocycles. The van der Waals surface area contributed by atoms with Gasteiger partial charge in [0.25, 0.3) is 0 Å². The number of carbonyl (C=O) groups excluding carboxylic acids is 1. The summed E-state index contributed by atoms with van der Waals surface area (Å²) in [5.74, 6) is 0.843. The SMILES string of the molecule is Cc1ccc(C=CC(=O)NCc2ccc(N3CCOCC3)nc2)cc1. The van der Waals surface area contributed by atoms with E-state index in [9.17, 15) is 4.79 Å². The molecule has 1 aromatic heterocycles. The van der Waals surface area contributed by atoms with E-state index in [1.54, 1.807) is 6.08 Å². The lowest BCUT2D eigenvalue weighted by atomic mass is 10.1. The number of aromatic nitrogens is 1. The molecule has 0 aliphatic carbocycles. The van der Waals surface area contributed by atoms with E-state index in [-0.39, 0.29) is 5.91 Å². The van der Waals surface area contributed by atoms with Crippen molar-refractivity contribution in [3.05, 3.63) is 65.4 Å². The lowest BCUT2D eigenvalue weighted by Gasteiger charge is -2.27. The van der Waals surface area contributed by atoms with E-state index in [4.69, 9.17) is 4.74 Å². The molecule has 0 spiro atoms. The molecule has 0 atom stereocenters. The number of hydrogen-bond donors (Lipinski definition) is 1. The van der Waals surface area contributed by atoms with Crippen LogP contribution in [0.3, 0.4) is 0 Å². The molecule has 0 bridgehead atoms. The third kappa shape index (κ3) is 5.16. The van der Waals surface area contributed by atoms with E-state index in [2.05, 4.69) is 15.2 Å². The number of pyridine rings is 1. The first-order valence-corrected chi connectivity index (χ1v) is 8.51. The van der Waals surface area contributed by atoms with Crippen molar-refractivity contribution in [1.29, 1.82) is 0 Å². The summed E-state index contributed by atoms with van der Waals surface area (Å²) < 4.78 is 5.35. The average molecular weight is 337 g/mol. The predicted octanol–water partition coefficient (Wildman–Crippen LogP) is 2.56. The van der Waals surface area contributed by atoms with Gasteiger partial charge in [-0.1, -0.05) is 35.9 Å². The van der Waals surface area contributed by atoms with Crippen LogP contribution < -0.4 is 10.2 Å². The molecule has 0 radical (unpaired) electrons. The van der Waals surface area contributed by atoms with Gasteiger partial charge in [0, 0.05) is 31.9 Å². The molecule has 2 aromatic rings. The fraction of sp³-hybridized carbons (Fsp3) is 0.300. The van der Waals surface area contributed by atoms with Crippen molar-refractivity contribution in [3.8, 4) is 0 Å². The normalized spacial score (nSPS) is 14.7. The number of carbonyl (C=O) groups is 1. The van der Waals surface area contributed by atoms with Crippen molar-refractivity contribution in [2.75, 3.05) is 31.2 Å². The number of aryl methyl sites for hydroxylation is 1. The maximum atomic E-state index is 11.9. The van der Waals surface area contributed by atoms with Crippen LogP contribution in [0, 0.1) is 6.92 Å². The Bertz CT molecular complexity index is 718. The van der Waals surface area contributed by atoms with Crippen LogP contribution in [0.15, 0.2) is 48.7 Å². The third-order valence-electron chi connectivity index (χ3n) is 4.12. The minimum absolute atomic E-state index is 0.113. The summed E-state index contributed by atoms with van der Waals surface area (Å²) in [6.07, 6.45) is 5.18. The highest BCUT2D eigenvalue weighted by atomic mass is 16.5. The van der Waals surface area contributed by atoms with Crippen LogP contribution in [-0.4, -0.2) is 37.2 Å². The second-order valence-corrected chi connectivity index (χ2v) is 6.09. The number of nitrogens with zero attached hydrogens (tertiary/aromatic N) is 2. The zero-order valence-electron chi connectivity index (χ0n) is 14.4. The lowest BCUT2D eigenvalue weighted by Crippen LogP contribution is -2.36. The van der Waals surface area contributed by atoms with Crippen molar-refractivity contribution >= 4 is 17.8 Å². The number of anilines is 1.